The number of pyridine rings is 1. The molecule has 2 N–H and O–H groups in total. The summed E-state index contributed by atoms with van der Waals surface area (Å²) in [5.41, 5.74) is 4.66. The van der Waals surface area contributed by atoms with Crippen LogP contribution in [-0.2, 0) is 4.79 Å². The third kappa shape index (κ3) is 5.68. The summed E-state index contributed by atoms with van der Waals surface area (Å²) in [6.07, 6.45) is 0. The van der Waals surface area contributed by atoms with Gasteiger partial charge in [0, 0.05) is 17.1 Å². The Morgan fingerprint density at radius 1 is 0.897 bits per heavy atom. The molecule has 0 saturated heterocycles. The Morgan fingerprint density at radius 2 is 1.62 bits per heavy atom. The molecule has 29 heavy (non-hydrogen) atoms. The molecule has 5 nitrogen and oxygen atoms in total. The predicted octanol–water partition coefficient (Wildman–Crippen LogP) is 4.99. The van der Waals surface area contributed by atoms with Crippen LogP contribution in [0.2, 0.25) is 0 Å². The molecule has 148 valence electrons. The summed E-state index contributed by atoms with van der Waals surface area (Å²) in [6.45, 7) is 5.73. The number of aryl methyl sites for hydroxylation is 3. The second-order valence-corrected chi connectivity index (χ2v) is 7.75. The second kappa shape index (κ2) is 9.39. The fraction of sp³-hybridized carbons (Fsp3) is 0.174. The van der Waals surface area contributed by atoms with Crippen LogP contribution in [0.5, 0.6) is 0 Å². The van der Waals surface area contributed by atoms with Gasteiger partial charge in [-0.2, -0.15) is 0 Å². The van der Waals surface area contributed by atoms with Gasteiger partial charge < -0.3 is 10.6 Å². The van der Waals surface area contributed by atoms with Crippen LogP contribution in [0.15, 0.2) is 65.7 Å². The molecule has 3 aromatic rings. The van der Waals surface area contributed by atoms with Gasteiger partial charge in [0.2, 0.25) is 5.91 Å². The average molecular weight is 406 g/mol. The molecule has 1 heterocycles. The molecule has 2 amide bonds. The van der Waals surface area contributed by atoms with E-state index in [0.29, 0.717) is 10.6 Å². The van der Waals surface area contributed by atoms with Crippen molar-refractivity contribution < 1.29 is 9.59 Å². The van der Waals surface area contributed by atoms with Crippen LogP contribution in [0, 0.1) is 20.8 Å². The van der Waals surface area contributed by atoms with Crippen molar-refractivity contribution in [3.63, 3.8) is 0 Å². The number of anilines is 2. The van der Waals surface area contributed by atoms with E-state index in [2.05, 4.69) is 15.6 Å². The van der Waals surface area contributed by atoms with E-state index in [0.717, 1.165) is 28.2 Å². The van der Waals surface area contributed by atoms with E-state index in [9.17, 15) is 9.59 Å². The molecule has 0 saturated carbocycles. The second-order valence-electron chi connectivity index (χ2n) is 6.79. The molecule has 1 aromatic heterocycles. The van der Waals surface area contributed by atoms with E-state index in [1.807, 2.05) is 81.4 Å². The highest BCUT2D eigenvalue weighted by atomic mass is 32.2. The Morgan fingerprint density at radius 3 is 2.34 bits per heavy atom. The van der Waals surface area contributed by atoms with Crippen molar-refractivity contribution >= 4 is 35.0 Å². The van der Waals surface area contributed by atoms with Gasteiger partial charge in [0.25, 0.3) is 5.91 Å². The zero-order valence-corrected chi connectivity index (χ0v) is 17.5. The number of thioether (sulfide) groups is 1. The average Bonchev–Trinajstić information content (AvgIpc) is 2.66. The van der Waals surface area contributed by atoms with Gasteiger partial charge in [-0.25, -0.2) is 4.98 Å². The maximum atomic E-state index is 12.9. The Bertz CT molecular complexity index is 1040. The SMILES string of the molecule is Cc1cccc(NC(=O)c2c(C)cc(C)nc2SCC(=O)Nc2ccccc2)c1. The van der Waals surface area contributed by atoms with Crippen molar-refractivity contribution in [1.29, 1.82) is 0 Å². The standard InChI is InChI=1S/C23H23N3O2S/c1-15-8-7-11-19(12-15)26-22(28)21-16(2)13-17(3)24-23(21)29-14-20(27)25-18-9-5-4-6-10-18/h4-13H,14H2,1-3H3,(H,25,27)(H,26,28). The summed E-state index contributed by atoms with van der Waals surface area (Å²) in [5.74, 6) is -0.214. The number of carbonyl (C=O) groups excluding carboxylic acids is 2. The van der Waals surface area contributed by atoms with Gasteiger partial charge in [-0.15, -0.1) is 0 Å². The van der Waals surface area contributed by atoms with Gasteiger partial charge >= 0.3 is 0 Å². The van der Waals surface area contributed by atoms with Crippen molar-refractivity contribution in [2.75, 3.05) is 16.4 Å². The Labute approximate surface area is 175 Å². The third-order valence-electron chi connectivity index (χ3n) is 4.21. The number of para-hydroxylation sites is 1. The Balaban J connectivity index is 1.76. The van der Waals surface area contributed by atoms with E-state index < -0.39 is 0 Å². The molecule has 0 spiro atoms. The van der Waals surface area contributed by atoms with Crippen LogP contribution in [0.1, 0.15) is 27.2 Å². The van der Waals surface area contributed by atoms with E-state index in [4.69, 9.17) is 0 Å². The molecular formula is C23H23N3O2S. The molecule has 0 radical (unpaired) electrons. The van der Waals surface area contributed by atoms with Crippen molar-refractivity contribution in [2.24, 2.45) is 0 Å². The van der Waals surface area contributed by atoms with E-state index in [1.54, 1.807) is 0 Å². The number of nitrogens with one attached hydrogen (secondary N) is 2. The van der Waals surface area contributed by atoms with Crippen LogP contribution < -0.4 is 10.6 Å². The van der Waals surface area contributed by atoms with Crippen LogP contribution in [0.4, 0.5) is 11.4 Å². The number of carbonyl (C=O) groups is 2. The third-order valence-corrected chi connectivity index (χ3v) is 5.19. The number of aromatic nitrogens is 1. The number of nitrogens with zero attached hydrogens (tertiary/aromatic N) is 1. The molecule has 0 aliphatic rings. The van der Waals surface area contributed by atoms with E-state index in [-0.39, 0.29) is 17.6 Å². The number of amides is 2. The lowest BCUT2D eigenvalue weighted by atomic mass is 10.1. The molecule has 0 bridgehead atoms. The minimum absolute atomic E-state index is 0.146. The highest BCUT2D eigenvalue weighted by molar-refractivity contribution is 8.00. The largest absolute Gasteiger partial charge is 0.325 e. The van der Waals surface area contributed by atoms with Crippen LogP contribution in [0.3, 0.4) is 0 Å². The zero-order chi connectivity index (χ0) is 20.8. The van der Waals surface area contributed by atoms with E-state index >= 15 is 0 Å². The summed E-state index contributed by atoms with van der Waals surface area (Å²) >= 11 is 1.26. The first kappa shape index (κ1) is 20.6. The summed E-state index contributed by atoms with van der Waals surface area (Å²) in [7, 11) is 0. The Kier molecular flexibility index (Phi) is 6.67. The first-order chi connectivity index (χ1) is 13.9. The van der Waals surface area contributed by atoms with Crippen LogP contribution in [-0.4, -0.2) is 22.6 Å². The molecule has 6 heteroatoms. The number of rotatable bonds is 6. The number of benzene rings is 2. The van der Waals surface area contributed by atoms with Gasteiger partial charge in [0.05, 0.1) is 11.3 Å². The number of hydrogen-bond acceptors (Lipinski definition) is 4. The summed E-state index contributed by atoms with van der Waals surface area (Å²) in [4.78, 5) is 29.8. The van der Waals surface area contributed by atoms with Gasteiger partial charge in [-0.05, 0) is 62.2 Å². The van der Waals surface area contributed by atoms with Gasteiger partial charge in [-0.1, -0.05) is 42.1 Å². The molecule has 2 aromatic carbocycles. The lowest BCUT2D eigenvalue weighted by Crippen LogP contribution is -2.18. The van der Waals surface area contributed by atoms with Crippen molar-refractivity contribution in [3.8, 4) is 0 Å². The van der Waals surface area contributed by atoms with E-state index in [1.165, 1.54) is 11.8 Å². The molecule has 0 unspecified atom stereocenters. The predicted molar refractivity (Wildman–Crippen MR) is 119 cm³/mol. The quantitative estimate of drug-likeness (QED) is 0.567. The fourth-order valence-electron chi connectivity index (χ4n) is 2.95. The highest BCUT2D eigenvalue weighted by Gasteiger charge is 2.18. The molecule has 0 aliphatic carbocycles. The lowest BCUT2D eigenvalue weighted by molar-refractivity contribution is -0.113. The van der Waals surface area contributed by atoms with Crippen molar-refractivity contribution in [3.05, 3.63) is 83.0 Å². The van der Waals surface area contributed by atoms with Gasteiger partial charge in [-0.3, -0.25) is 9.59 Å². The zero-order valence-electron chi connectivity index (χ0n) is 16.7. The molecule has 0 aliphatic heterocycles. The molecule has 0 atom stereocenters. The fourth-order valence-corrected chi connectivity index (χ4v) is 3.90. The minimum atomic E-state index is -0.230. The summed E-state index contributed by atoms with van der Waals surface area (Å²) in [5, 5.41) is 6.33. The topological polar surface area (TPSA) is 71.1 Å². The van der Waals surface area contributed by atoms with Gasteiger partial charge in [0.15, 0.2) is 0 Å². The summed E-state index contributed by atoms with van der Waals surface area (Å²) in [6, 6.07) is 18.8. The smallest absolute Gasteiger partial charge is 0.258 e. The molecule has 0 fully saturated rings. The first-order valence-corrected chi connectivity index (χ1v) is 10.2. The lowest BCUT2D eigenvalue weighted by Gasteiger charge is -2.13. The minimum Gasteiger partial charge on any atom is -0.325 e. The van der Waals surface area contributed by atoms with Crippen LogP contribution in [0.25, 0.3) is 0 Å². The van der Waals surface area contributed by atoms with Crippen molar-refractivity contribution in [2.45, 2.75) is 25.8 Å². The normalized spacial score (nSPS) is 10.4. The number of hydrogen-bond donors (Lipinski definition) is 2. The highest BCUT2D eigenvalue weighted by Crippen LogP contribution is 2.26. The molecule has 3 rings (SSSR count). The Hall–Kier alpha value is -3.12. The summed E-state index contributed by atoms with van der Waals surface area (Å²) < 4.78 is 0. The van der Waals surface area contributed by atoms with Gasteiger partial charge in [0.1, 0.15) is 5.03 Å². The monoisotopic (exact) mass is 405 g/mol. The maximum Gasteiger partial charge on any atom is 0.258 e. The van der Waals surface area contributed by atoms with Crippen molar-refractivity contribution in [1.82, 2.24) is 4.98 Å². The maximum absolute atomic E-state index is 12.9. The van der Waals surface area contributed by atoms with Crippen LogP contribution >= 0.6 is 11.8 Å². The molecular weight excluding hydrogens is 382 g/mol. The first-order valence-electron chi connectivity index (χ1n) is 9.26.